The van der Waals surface area contributed by atoms with Crippen LogP contribution in [0.15, 0.2) is 48.0 Å². The zero-order valence-corrected chi connectivity index (χ0v) is 37.1. The van der Waals surface area contributed by atoms with E-state index in [1.165, 1.54) is 37.0 Å². The lowest BCUT2D eigenvalue weighted by Crippen LogP contribution is -2.63. The van der Waals surface area contributed by atoms with Crippen molar-refractivity contribution >= 4 is 29.3 Å². The van der Waals surface area contributed by atoms with Crippen LogP contribution in [0.1, 0.15) is 157 Å². The first-order valence-electron chi connectivity index (χ1n) is 23.0. The molecule has 8 bridgehead atoms. The van der Waals surface area contributed by atoms with Gasteiger partial charge in [0.1, 0.15) is 5.82 Å². The van der Waals surface area contributed by atoms with Gasteiger partial charge >= 0.3 is 5.97 Å². The third kappa shape index (κ3) is 6.57. The van der Waals surface area contributed by atoms with Gasteiger partial charge in [-0.2, -0.15) is 0 Å². The molecule has 6 saturated carbocycles. The van der Waals surface area contributed by atoms with Gasteiger partial charge in [0, 0.05) is 39.9 Å². The number of rotatable bonds is 8. The summed E-state index contributed by atoms with van der Waals surface area (Å²) in [6.07, 6.45) is 13.6. The lowest BCUT2D eigenvalue weighted by atomic mass is 9.49. The number of benzene rings is 2. The molecule has 7 fully saturated rings. The fourth-order valence-corrected chi connectivity index (χ4v) is 14.8. The molecule has 0 radical (unpaired) electrons. The summed E-state index contributed by atoms with van der Waals surface area (Å²) in [5, 5.41) is 24.9. The Morgan fingerprint density at radius 1 is 0.933 bits per heavy atom. The Bertz CT molecular complexity index is 2070. The molecule has 2 aromatic carbocycles. The van der Waals surface area contributed by atoms with Crippen LogP contribution in [0.2, 0.25) is 5.02 Å². The first kappa shape index (κ1) is 42.2. The van der Waals surface area contributed by atoms with E-state index in [4.69, 9.17) is 16.3 Å². The van der Waals surface area contributed by atoms with Gasteiger partial charge in [-0.15, -0.1) is 0 Å². The van der Waals surface area contributed by atoms with Crippen molar-refractivity contribution in [3.05, 3.63) is 81.1 Å². The summed E-state index contributed by atoms with van der Waals surface area (Å²) in [5.74, 6) is 0.503. The minimum Gasteiger partial charge on any atom is -0.448 e. The molecular formula is C51H65ClFNO6. The van der Waals surface area contributed by atoms with E-state index in [1.54, 1.807) is 6.07 Å². The highest BCUT2D eigenvalue weighted by molar-refractivity contribution is 6.31. The van der Waals surface area contributed by atoms with Crippen molar-refractivity contribution in [1.29, 1.82) is 0 Å². The highest BCUT2D eigenvalue weighted by atomic mass is 35.5. The topological polar surface area (TPSA) is 104 Å². The summed E-state index contributed by atoms with van der Waals surface area (Å²) in [5.41, 5.74) is -1.51. The van der Waals surface area contributed by atoms with Crippen LogP contribution in [0.3, 0.4) is 0 Å². The van der Waals surface area contributed by atoms with E-state index in [2.05, 4.69) is 19.9 Å². The third-order valence-corrected chi connectivity index (χ3v) is 18.6. The number of carbonyl (C=O) groups excluding carboxylic acids is 3. The molecule has 60 heavy (non-hydrogen) atoms. The van der Waals surface area contributed by atoms with Crippen LogP contribution in [0.4, 0.5) is 4.39 Å². The minimum atomic E-state index is -1.34. The van der Waals surface area contributed by atoms with Crippen molar-refractivity contribution in [2.24, 2.45) is 39.4 Å². The number of ketones is 1. The molecular weight excluding hydrogens is 777 g/mol. The average molecular weight is 843 g/mol. The van der Waals surface area contributed by atoms with Crippen LogP contribution in [-0.2, 0) is 27.2 Å². The molecule has 2 aromatic rings. The number of ether oxygens (including phenoxy) is 1. The molecule has 6 atom stereocenters. The van der Waals surface area contributed by atoms with E-state index in [0.29, 0.717) is 81.2 Å². The molecule has 8 aliphatic carbocycles. The van der Waals surface area contributed by atoms with Gasteiger partial charge in [0.15, 0.2) is 11.4 Å². The van der Waals surface area contributed by atoms with Gasteiger partial charge < -0.3 is 19.8 Å². The standard InChI is InChI=1S/C51H65ClFNO6/c1-31-8-7-16-47(4)40(37-14-12-32(23-36(55)13-11-31)24-38(37)43(56)25-39-41(52)9-6-10-42(39)53)15-17-50(47,59)30-54(29-49-26-33-20-34(27-49)22-35(21-33)28-49)44(57)51-19-18-48(5,45(58)60-51)46(51,2)3/h6,8-10,12,14,24,33-36,40,55,59H,7,11,13,15-23,25-30H2,1-5H3. The zero-order chi connectivity index (χ0) is 42.6. The fraction of sp³-hybridized carbons (Fsp3) is 0.667. The van der Waals surface area contributed by atoms with Crippen molar-refractivity contribution in [3.8, 4) is 0 Å². The zero-order valence-electron chi connectivity index (χ0n) is 36.4. The summed E-state index contributed by atoms with van der Waals surface area (Å²) in [6, 6.07) is 10.3. The highest BCUT2D eigenvalue weighted by Crippen LogP contribution is 2.67. The summed E-state index contributed by atoms with van der Waals surface area (Å²) >= 11 is 6.47. The van der Waals surface area contributed by atoms with E-state index in [9.17, 15) is 19.8 Å². The second-order valence-corrected chi connectivity index (χ2v) is 22.4. The fourth-order valence-electron chi connectivity index (χ4n) is 14.6. The van der Waals surface area contributed by atoms with E-state index in [0.717, 1.165) is 36.8 Å². The SMILES string of the molecule is CC1=CCCC2(C)C(CCC2(O)CN(CC23CC4CC(CC(C4)C2)C3)C(=O)C23CCC(C)(C(=O)O2)C3(C)C)c2ccc(cc2C(=O)Cc2c(F)cccc2Cl)CC(O)CC1. The molecule has 11 rings (SSSR count). The normalized spacial score (nSPS) is 39.0. The number of hydrogen-bond donors (Lipinski definition) is 2. The molecule has 0 spiro atoms. The van der Waals surface area contributed by atoms with Gasteiger partial charge in [0.2, 0.25) is 0 Å². The number of fused-ring (bicyclic) bond motifs is 10. The van der Waals surface area contributed by atoms with E-state index in [-0.39, 0.29) is 52.5 Å². The number of halogens is 2. The molecule has 1 heterocycles. The maximum Gasteiger partial charge on any atom is 0.313 e. The molecule has 6 unspecified atom stereocenters. The average Bonchev–Trinajstić information content (AvgIpc) is 3.61. The first-order chi connectivity index (χ1) is 28.3. The van der Waals surface area contributed by atoms with Crippen LogP contribution in [0.5, 0.6) is 0 Å². The molecule has 9 heteroatoms. The van der Waals surface area contributed by atoms with Crippen molar-refractivity contribution in [2.75, 3.05) is 13.1 Å². The number of allylic oxidation sites excluding steroid dienone is 2. The maximum atomic E-state index is 15.7. The van der Waals surface area contributed by atoms with Crippen molar-refractivity contribution in [2.45, 2.75) is 161 Å². The predicted octanol–water partition coefficient (Wildman–Crippen LogP) is 10.1. The summed E-state index contributed by atoms with van der Waals surface area (Å²) < 4.78 is 21.5. The lowest BCUT2D eigenvalue weighted by molar-refractivity contribution is -0.181. The van der Waals surface area contributed by atoms with E-state index in [1.807, 2.05) is 43.9 Å². The predicted molar refractivity (Wildman–Crippen MR) is 230 cm³/mol. The van der Waals surface area contributed by atoms with Gasteiger partial charge in [-0.1, -0.05) is 62.2 Å². The molecule has 9 aliphatic rings. The van der Waals surface area contributed by atoms with Gasteiger partial charge in [0.05, 0.1) is 23.7 Å². The lowest BCUT2D eigenvalue weighted by Gasteiger charge is -2.58. The van der Waals surface area contributed by atoms with Crippen LogP contribution >= 0.6 is 11.6 Å². The number of amides is 1. The van der Waals surface area contributed by atoms with Crippen LogP contribution in [-0.4, -0.2) is 63.2 Å². The third-order valence-electron chi connectivity index (χ3n) is 18.2. The maximum absolute atomic E-state index is 15.7. The second kappa shape index (κ2) is 14.8. The molecule has 1 aliphatic heterocycles. The summed E-state index contributed by atoms with van der Waals surface area (Å²) in [7, 11) is 0. The number of aliphatic hydroxyl groups excluding tert-OH is 1. The number of aliphatic hydroxyl groups is 2. The monoisotopic (exact) mass is 841 g/mol. The van der Waals surface area contributed by atoms with Gasteiger partial charge in [-0.25, -0.2) is 4.39 Å². The van der Waals surface area contributed by atoms with E-state index < -0.39 is 39.4 Å². The Morgan fingerprint density at radius 2 is 1.63 bits per heavy atom. The first-order valence-corrected chi connectivity index (χ1v) is 23.4. The molecule has 1 amide bonds. The van der Waals surface area contributed by atoms with Gasteiger partial charge in [-0.05, 0) is 169 Å². The van der Waals surface area contributed by atoms with Gasteiger partial charge in [0.25, 0.3) is 5.91 Å². The summed E-state index contributed by atoms with van der Waals surface area (Å²) in [6.45, 7) is 10.9. The van der Waals surface area contributed by atoms with E-state index >= 15 is 9.18 Å². The van der Waals surface area contributed by atoms with Crippen LogP contribution < -0.4 is 0 Å². The Hall–Kier alpha value is -3.07. The Balaban J connectivity index is 1.13. The Labute approximate surface area is 360 Å². The number of Topliss-reactive ketones (excluding diaryl/α,β-unsaturated/α-hetero) is 1. The quantitative estimate of drug-likeness (QED) is 0.156. The molecule has 7 nitrogen and oxygen atoms in total. The number of hydrogen-bond acceptors (Lipinski definition) is 6. The van der Waals surface area contributed by atoms with Crippen LogP contribution in [0, 0.1) is 45.2 Å². The molecule has 1 saturated heterocycles. The molecule has 324 valence electrons. The number of nitrogens with zero attached hydrogens (tertiary/aromatic N) is 1. The minimum absolute atomic E-state index is 0.0257. The highest BCUT2D eigenvalue weighted by Gasteiger charge is 2.76. The van der Waals surface area contributed by atoms with Crippen molar-refractivity contribution in [3.63, 3.8) is 0 Å². The van der Waals surface area contributed by atoms with Crippen molar-refractivity contribution in [1.82, 2.24) is 4.90 Å². The largest absolute Gasteiger partial charge is 0.448 e. The van der Waals surface area contributed by atoms with Crippen LogP contribution in [0.25, 0.3) is 0 Å². The number of carbonyl (C=O) groups is 3. The second-order valence-electron chi connectivity index (χ2n) is 22.0. The summed E-state index contributed by atoms with van der Waals surface area (Å²) in [4.78, 5) is 45.8. The molecule has 0 aromatic heterocycles. The van der Waals surface area contributed by atoms with Gasteiger partial charge in [-0.3, -0.25) is 14.4 Å². The van der Waals surface area contributed by atoms with Crippen molar-refractivity contribution < 1.29 is 33.7 Å². The smallest absolute Gasteiger partial charge is 0.313 e. The number of esters is 1. The Kier molecular flexibility index (Phi) is 10.4. The Morgan fingerprint density at radius 3 is 2.27 bits per heavy atom. The molecule has 2 N–H and O–H groups in total.